The molecular formula is C24H44O4. The molecule has 0 heterocycles. The maximum Gasteiger partial charge on any atom is 0.308 e. The van der Waals surface area contributed by atoms with Crippen molar-refractivity contribution in [1.29, 1.82) is 0 Å². The Hall–Kier alpha value is -0.610. The second-order valence-electron chi connectivity index (χ2n) is 8.76. The maximum atomic E-state index is 12.2. The number of ether oxygens (including phenoxy) is 3. The van der Waals surface area contributed by atoms with Gasteiger partial charge in [0, 0.05) is 0 Å². The first-order valence-corrected chi connectivity index (χ1v) is 12.2. The standard InChI is InChI=1S/C24H44O4/c1-2-3-4-5-6-7-11-18-28-24(25)21-14-16-23(17-15-21)27-20-19-26-22-12-9-8-10-13-22/h21-23H,2-20H2,1H3. The molecule has 0 spiro atoms. The highest BCUT2D eigenvalue weighted by molar-refractivity contribution is 5.72. The number of hydrogen-bond acceptors (Lipinski definition) is 4. The summed E-state index contributed by atoms with van der Waals surface area (Å²) in [5.41, 5.74) is 0. The summed E-state index contributed by atoms with van der Waals surface area (Å²) in [5, 5.41) is 0. The zero-order chi connectivity index (χ0) is 19.9. The van der Waals surface area contributed by atoms with Gasteiger partial charge in [-0.2, -0.15) is 0 Å². The fourth-order valence-corrected chi connectivity index (χ4v) is 4.48. The van der Waals surface area contributed by atoms with Crippen molar-refractivity contribution in [3.05, 3.63) is 0 Å². The zero-order valence-corrected chi connectivity index (χ0v) is 18.3. The molecule has 2 aliphatic rings. The van der Waals surface area contributed by atoms with Crippen LogP contribution in [-0.2, 0) is 19.0 Å². The fourth-order valence-electron chi connectivity index (χ4n) is 4.48. The molecule has 0 saturated heterocycles. The Labute approximate surface area is 173 Å². The van der Waals surface area contributed by atoms with Crippen molar-refractivity contribution in [1.82, 2.24) is 0 Å². The second-order valence-corrected chi connectivity index (χ2v) is 8.76. The smallest absolute Gasteiger partial charge is 0.308 e. The van der Waals surface area contributed by atoms with Gasteiger partial charge >= 0.3 is 5.97 Å². The minimum atomic E-state index is 0.0186. The third-order valence-electron chi connectivity index (χ3n) is 6.34. The molecule has 0 bridgehead atoms. The molecule has 4 nitrogen and oxygen atoms in total. The van der Waals surface area contributed by atoms with Gasteiger partial charge in [0.2, 0.25) is 0 Å². The number of hydrogen-bond donors (Lipinski definition) is 0. The first-order chi connectivity index (χ1) is 13.8. The van der Waals surface area contributed by atoms with Gasteiger partial charge in [-0.15, -0.1) is 0 Å². The van der Waals surface area contributed by atoms with Crippen LogP contribution in [0, 0.1) is 5.92 Å². The van der Waals surface area contributed by atoms with Crippen molar-refractivity contribution in [2.75, 3.05) is 19.8 Å². The van der Waals surface area contributed by atoms with Crippen LogP contribution in [0.5, 0.6) is 0 Å². The van der Waals surface area contributed by atoms with Crippen LogP contribution in [0.3, 0.4) is 0 Å². The molecule has 2 rings (SSSR count). The minimum absolute atomic E-state index is 0.0186. The van der Waals surface area contributed by atoms with E-state index in [9.17, 15) is 4.79 Å². The van der Waals surface area contributed by atoms with Crippen molar-refractivity contribution in [3.63, 3.8) is 0 Å². The van der Waals surface area contributed by atoms with Gasteiger partial charge in [-0.1, -0.05) is 64.7 Å². The number of unbranched alkanes of at least 4 members (excludes halogenated alkanes) is 6. The molecule has 0 aromatic heterocycles. The first kappa shape index (κ1) is 23.7. The lowest BCUT2D eigenvalue weighted by Gasteiger charge is -2.28. The first-order valence-electron chi connectivity index (χ1n) is 12.2. The molecule has 2 saturated carbocycles. The molecule has 0 aromatic rings. The predicted molar refractivity (Wildman–Crippen MR) is 113 cm³/mol. The van der Waals surface area contributed by atoms with Crippen LogP contribution >= 0.6 is 0 Å². The Kier molecular flexibility index (Phi) is 12.9. The van der Waals surface area contributed by atoms with E-state index in [1.54, 1.807) is 0 Å². The van der Waals surface area contributed by atoms with E-state index in [0.29, 0.717) is 32.0 Å². The molecule has 4 heteroatoms. The van der Waals surface area contributed by atoms with Crippen LogP contribution in [0.15, 0.2) is 0 Å². The van der Waals surface area contributed by atoms with Gasteiger partial charge in [0.1, 0.15) is 0 Å². The normalized spacial score (nSPS) is 23.6. The Morgan fingerprint density at radius 1 is 0.679 bits per heavy atom. The van der Waals surface area contributed by atoms with E-state index < -0.39 is 0 Å². The van der Waals surface area contributed by atoms with Gasteiger partial charge in [0.05, 0.1) is 37.9 Å². The topological polar surface area (TPSA) is 44.8 Å². The quantitative estimate of drug-likeness (QED) is 0.259. The van der Waals surface area contributed by atoms with Crippen LogP contribution in [-0.4, -0.2) is 38.0 Å². The van der Waals surface area contributed by atoms with Crippen molar-refractivity contribution < 1.29 is 19.0 Å². The fraction of sp³-hybridized carbons (Fsp3) is 0.958. The largest absolute Gasteiger partial charge is 0.465 e. The van der Waals surface area contributed by atoms with Gasteiger partial charge in [-0.25, -0.2) is 0 Å². The minimum Gasteiger partial charge on any atom is -0.465 e. The Bertz CT molecular complexity index is 384. The number of esters is 1. The van der Waals surface area contributed by atoms with E-state index in [1.807, 2.05) is 0 Å². The van der Waals surface area contributed by atoms with Crippen LogP contribution in [0.1, 0.15) is 110 Å². The van der Waals surface area contributed by atoms with Crippen LogP contribution in [0.2, 0.25) is 0 Å². The van der Waals surface area contributed by atoms with E-state index in [-0.39, 0.29) is 11.9 Å². The summed E-state index contributed by atoms with van der Waals surface area (Å²) in [4.78, 5) is 12.2. The predicted octanol–water partition coefficient (Wildman–Crippen LogP) is 6.20. The Morgan fingerprint density at radius 2 is 1.25 bits per heavy atom. The molecule has 0 aliphatic heterocycles. The molecule has 0 amide bonds. The van der Waals surface area contributed by atoms with E-state index in [2.05, 4.69) is 6.92 Å². The third kappa shape index (κ3) is 10.2. The monoisotopic (exact) mass is 396 g/mol. The average molecular weight is 397 g/mol. The van der Waals surface area contributed by atoms with Gasteiger partial charge in [0.25, 0.3) is 0 Å². The summed E-state index contributed by atoms with van der Waals surface area (Å²) in [6.45, 7) is 4.24. The van der Waals surface area contributed by atoms with Crippen LogP contribution < -0.4 is 0 Å². The van der Waals surface area contributed by atoms with Crippen molar-refractivity contribution >= 4 is 5.97 Å². The Morgan fingerprint density at radius 3 is 1.89 bits per heavy atom. The maximum absolute atomic E-state index is 12.2. The lowest BCUT2D eigenvalue weighted by molar-refractivity contribution is -0.151. The molecule has 0 radical (unpaired) electrons. The van der Waals surface area contributed by atoms with Gasteiger partial charge in [-0.05, 0) is 44.9 Å². The zero-order valence-electron chi connectivity index (χ0n) is 18.3. The van der Waals surface area contributed by atoms with E-state index in [0.717, 1.165) is 32.1 Å². The molecule has 2 aliphatic carbocycles. The highest BCUT2D eigenvalue weighted by Gasteiger charge is 2.27. The van der Waals surface area contributed by atoms with Gasteiger partial charge < -0.3 is 14.2 Å². The summed E-state index contributed by atoms with van der Waals surface area (Å²) in [5.74, 6) is 0.105. The van der Waals surface area contributed by atoms with Crippen LogP contribution in [0.25, 0.3) is 0 Å². The third-order valence-corrected chi connectivity index (χ3v) is 6.34. The molecule has 2 fully saturated rings. The summed E-state index contributed by atoms with van der Waals surface area (Å²) >= 11 is 0. The van der Waals surface area contributed by atoms with Gasteiger partial charge in [0.15, 0.2) is 0 Å². The van der Waals surface area contributed by atoms with Gasteiger partial charge in [-0.3, -0.25) is 4.79 Å². The highest BCUT2D eigenvalue weighted by atomic mass is 16.5. The molecule has 28 heavy (non-hydrogen) atoms. The summed E-state index contributed by atoms with van der Waals surface area (Å²) < 4.78 is 17.4. The number of carbonyl (C=O) groups excluding carboxylic acids is 1. The van der Waals surface area contributed by atoms with E-state index in [1.165, 1.54) is 70.6 Å². The second kappa shape index (κ2) is 15.3. The molecule has 0 N–H and O–H groups in total. The lowest BCUT2D eigenvalue weighted by atomic mass is 9.87. The van der Waals surface area contributed by atoms with Crippen LogP contribution in [0.4, 0.5) is 0 Å². The summed E-state index contributed by atoms with van der Waals surface area (Å²) in [6, 6.07) is 0. The summed E-state index contributed by atoms with van der Waals surface area (Å²) in [7, 11) is 0. The number of rotatable bonds is 14. The van der Waals surface area contributed by atoms with E-state index >= 15 is 0 Å². The average Bonchev–Trinajstić information content (AvgIpc) is 2.74. The summed E-state index contributed by atoms with van der Waals surface area (Å²) in [6.07, 6.45) is 19.7. The van der Waals surface area contributed by atoms with E-state index in [4.69, 9.17) is 14.2 Å². The van der Waals surface area contributed by atoms with Crippen molar-refractivity contribution in [2.45, 2.75) is 122 Å². The molecule has 164 valence electrons. The number of carbonyl (C=O) groups is 1. The molecular weight excluding hydrogens is 352 g/mol. The highest BCUT2D eigenvalue weighted by Crippen LogP contribution is 2.27. The lowest BCUT2D eigenvalue weighted by Crippen LogP contribution is -2.29. The molecule has 0 unspecified atom stereocenters. The van der Waals surface area contributed by atoms with Crippen molar-refractivity contribution in [3.8, 4) is 0 Å². The Balaban J connectivity index is 1.42. The molecule has 0 aromatic carbocycles. The SMILES string of the molecule is CCCCCCCCCOC(=O)C1CCC(OCCOC2CCCCC2)CC1. The molecule has 0 atom stereocenters. The van der Waals surface area contributed by atoms with Crippen molar-refractivity contribution in [2.24, 2.45) is 5.92 Å².